The first kappa shape index (κ1) is 14.4. The molecular formula is C18H12N8. The molecule has 0 saturated carbocycles. The summed E-state index contributed by atoms with van der Waals surface area (Å²) in [5, 5.41) is 3.19. The van der Waals surface area contributed by atoms with E-state index in [-0.39, 0.29) is 0 Å². The van der Waals surface area contributed by atoms with Crippen molar-refractivity contribution in [2.24, 2.45) is 30.0 Å². The van der Waals surface area contributed by atoms with Crippen LogP contribution in [-0.4, -0.2) is 41.4 Å². The van der Waals surface area contributed by atoms with Crippen molar-refractivity contribution in [1.82, 2.24) is 4.90 Å². The predicted octanol–water partition coefficient (Wildman–Crippen LogP) is 2.59. The van der Waals surface area contributed by atoms with Crippen LogP contribution in [0.2, 0.25) is 0 Å². The maximum atomic E-state index is 4.41. The van der Waals surface area contributed by atoms with Gasteiger partial charge in [-0.2, -0.15) is 9.98 Å². The van der Waals surface area contributed by atoms with Crippen molar-refractivity contribution in [3.63, 3.8) is 0 Å². The second-order valence-electron chi connectivity index (χ2n) is 5.60. The van der Waals surface area contributed by atoms with Gasteiger partial charge < -0.3 is 5.32 Å². The van der Waals surface area contributed by atoms with Gasteiger partial charge in [-0.05, 0) is 23.3 Å². The van der Waals surface area contributed by atoms with Gasteiger partial charge in [-0.25, -0.2) is 24.9 Å². The second-order valence-corrected chi connectivity index (χ2v) is 5.60. The molecule has 0 amide bonds. The Morgan fingerprint density at radius 3 is 2.15 bits per heavy atom. The molecule has 0 spiro atoms. The summed E-state index contributed by atoms with van der Waals surface area (Å²) in [5.41, 5.74) is 3.19. The predicted molar refractivity (Wildman–Crippen MR) is 104 cm³/mol. The normalized spacial score (nSPS) is 17.0. The minimum atomic E-state index is 0.413. The zero-order chi connectivity index (χ0) is 17.3. The van der Waals surface area contributed by atoms with Crippen LogP contribution >= 0.6 is 0 Å². The van der Waals surface area contributed by atoms with Gasteiger partial charge in [-0.15, -0.1) is 0 Å². The Morgan fingerprint density at radius 1 is 0.654 bits per heavy atom. The molecule has 5 rings (SSSR count). The van der Waals surface area contributed by atoms with E-state index in [1.54, 1.807) is 4.90 Å². The van der Waals surface area contributed by atoms with Crippen molar-refractivity contribution in [3.8, 4) is 11.1 Å². The molecule has 0 aromatic heterocycles. The van der Waals surface area contributed by atoms with Gasteiger partial charge in [0.25, 0.3) is 0 Å². The van der Waals surface area contributed by atoms with Crippen LogP contribution in [0.1, 0.15) is 0 Å². The van der Waals surface area contributed by atoms with Gasteiger partial charge in [0.15, 0.2) is 0 Å². The Kier molecular flexibility index (Phi) is 3.24. The number of hydrogen-bond donors (Lipinski definition) is 1. The molecule has 124 valence electrons. The lowest BCUT2D eigenvalue weighted by Crippen LogP contribution is -2.46. The first-order valence-corrected chi connectivity index (χ1v) is 7.97. The van der Waals surface area contributed by atoms with Crippen LogP contribution in [0, 0.1) is 0 Å². The van der Waals surface area contributed by atoms with Crippen molar-refractivity contribution in [3.05, 3.63) is 54.6 Å². The van der Waals surface area contributed by atoms with Crippen molar-refractivity contribution < 1.29 is 0 Å². The molecule has 0 aliphatic carbocycles. The van der Waals surface area contributed by atoms with Gasteiger partial charge in [0.1, 0.15) is 12.7 Å². The fraction of sp³-hybridized carbons (Fsp3) is 0. The lowest BCUT2D eigenvalue weighted by molar-refractivity contribution is 0.833. The Hall–Kier alpha value is -3.94. The fourth-order valence-electron chi connectivity index (χ4n) is 2.73. The molecule has 0 unspecified atom stereocenters. The summed E-state index contributed by atoms with van der Waals surface area (Å²) in [6.45, 7) is 0. The van der Waals surface area contributed by atoms with E-state index < -0.39 is 0 Å². The highest BCUT2D eigenvalue weighted by atomic mass is 15.5. The Balaban J connectivity index is 1.41. The summed E-state index contributed by atoms with van der Waals surface area (Å²) in [6, 6.07) is 18.3. The second kappa shape index (κ2) is 5.85. The molecule has 2 aromatic carbocycles. The quantitative estimate of drug-likeness (QED) is 0.910. The largest absolute Gasteiger partial charge is 0.324 e. The number of guanidine groups is 4. The van der Waals surface area contributed by atoms with Gasteiger partial charge in [-0.3, -0.25) is 0 Å². The molecule has 3 aliphatic heterocycles. The average molecular weight is 340 g/mol. The number of nitrogens with one attached hydrogen (secondary N) is 1. The third-order valence-electron chi connectivity index (χ3n) is 3.95. The number of rotatable bonds is 2. The van der Waals surface area contributed by atoms with Gasteiger partial charge in [-0.1, -0.05) is 42.5 Å². The van der Waals surface area contributed by atoms with Crippen LogP contribution < -0.4 is 5.32 Å². The average Bonchev–Trinajstić information content (AvgIpc) is 2.70. The molecule has 0 radical (unpaired) electrons. The van der Waals surface area contributed by atoms with E-state index in [2.05, 4.69) is 59.5 Å². The highest BCUT2D eigenvalue weighted by Gasteiger charge is 2.31. The molecule has 3 aliphatic rings. The molecule has 0 bridgehead atoms. The van der Waals surface area contributed by atoms with Crippen molar-refractivity contribution in [2.45, 2.75) is 0 Å². The third-order valence-corrected chi connectivity index (χ3v) is 3.95. The topological polar surface area (TPSA) is 89.4 Å². The Labute approximate surface area is 148 Å². The Bertz CT molecular complexity index is 1040. The zero-order valence-electron chi connectivity index (χ0n) is 13.5. The maximum Gasteiger partial charge on any atom is 0.244 e. The van der Waals surface area contributed by atoms with Gasteiger partial charge in [0, 0.05) is 5.69 Å². The van der Waals surface area contributed by atoms with Crippen LogP contribution in [0.3, 0.4) is 0 Å². The standard InChI is InChI=1S/C18H12N8/c1-2-4-12(5-3-1)13-6-8-14(9-7-13)23-15-24-17-21-10-19-16-20-11-22-18(25-15)26(16)17/h1-11H,(H,19,20,21,22,23,24,25). The van der Waals surface area contributed by atoms with Crippen LogP contribution in [0.5, 0.6) is 0 Å². The Morgan fingerprint density at radius 2 is 1.35 bits per heavy atom. The molecule has 0 saturated heterocycles. The number of benzene rings is 2. The molecule has 0 fully saturated rings. The number of anilines is 1. The number of hydrogen-bond acceptors (Lipinski definition) is 8. The van der Waals surface area contributed by atoms with E-state index in [0.29, 0.717) is 23.8 Å². The van der Waals surface area contributed by atoms with Crippen molar-refractivity contribution in [2.75, 3.05) is 5.32 Å². The van der Waals surface area contributed by atoms with Gasteiger partial charge >= 0.3 is 0 Å². The van der Waals surface area contributed by atoms with Crippen LogP contribution in [0.4, 0.5) is 5.69 Å². The van der Waals surface area contributed by atoms with Crippen LogP contribution in [0.25, 0.3) is 11.1 Å². The lowest BCUT2D eigenvalue weighted by atomic mass is 10.1. The van der Waals surface area contributed by atoms with E-state index in [9.17, 15) is 0 Å². The van der Waals surface area contributed by atoms with E-state index in [0.717, 1.165) is 11.3 Å². The fourth-order valence-corrected chi connectivity index (χ4v) is 2.73. The third kappa shape index (κ3) is 2.49. The molecule has 26 heavy (non-hydrogen) atoms. The van der Waals surface area contributed by atoms with Crippen molar-refractivity contribution >= 4 is 42.2 Å². The SMILES string of the molecule is C1=NC2=NC=NC3=NC(Nc4ccc(-c5ccccc5)cc4)=NC(=N1)N23. The van der Waals surface area contributed by atoms with Gasteiger partial charge in [0.05, 0.1) is 0 Å². The monoisotopic (exact) mass is 340 g/mol. The van der Waals surface area contributed by atoms with E-state index >= 15 is 0 Å². The molecule has 0 atom stereocenters. The summed E-state index contributed by atoms with van der Waals surface area (Å²) in [6.07, 6.45) is 2.84. The maximum absolute atomic E-state index is 4.41. The molecule has 8 heteroatoms. The molecule has 2 aromatic rings. The smallest absolute Gasteiger partial charge is 0.244 e. The highest BCUT2D eigenvalue weighted by Crippen LogP contribution is 2.21. The molecule has 1 N–H and O–H groups in total. The van der Waals surface area contributed by atoms with Crippen LogP contribution in [-0.2, 0) is 0 Å². The zero-order valence-corrected chi connectivity index (χ0v) is 13.5. The number of aliphatic imine (C=N–C) groups is 6. The summed E-state index contributed by atoms with van der Waals surface area (Å²) in [5.74, 6) is 1.74. The van der Waals surface area contributed by atoms with Crippen molar-refractivity contribution in [1.29, 1.82) is 0 Å². The minimum Gasteiger partial charge on any atom is -0.324 e. The molecule has 8 nitrogen and oxygen atoms in total. The van der Waals surface area contributed by atoms with E-state index in [1.807, 2.05) is 30.3 Å². The molecule has 3 heterocycles. The van der Waals surface area contributed by atoms with Crippen LogP contribution in [0.15, 0.2) is 84.6 Å². The summed E-state index contributed by atoms with van der Waals surface area (Å²) in [4.78, 5) is 26.9. The summed E-state index contributed by atoms with van der Waals surface area (Å²) >= 11 is 0. The molecular weight excluding hydrogens is 328 g/mol. The lowest BCUT2D eigenvalue weighted by Gasteiger charge is -2.27. The van der Waals surface area contributed by atoms with E-state index in [1.165, 1.54) is 18.2 Å². The first-order valence-electron chi connectivity index (χ1n) is 7.97. The minimum absolute atomic E-state index is 0.413. The van der Waals surface area contributed by atoms with Gasteiger partial charge in [0.2, 0.25) is 23.8 Å². The highest BCUT2D eigenvalue weighted by molar-refractivity contribution is 6.28. The summed E-state index contributed by atoms with van der Waals surface area (Å²) in [7, 11) is 0. The number of nitrogens with zero attached hydrogens (tertiary/aromatic N) is 7. The van der Waals surface area contributed by atoms with E-state index in [4.69, 9.17) is 0 Å². The summed E-state index contributed by atoms with van der Waals surface area (Å²) < 4.78 is 0. The first-order chi connectivity index (χ1) is 12.9.